The van der Waals surface area contributed by atoms with Crippen LogP contribution >= 0.6 is 11.8 Å². The Kier molecular flexibility index (Phi) is 3.29. The summed E-state index contributed by atoms with van der Waals surface area (Å²) in [5.74, 6) is 0.701. The molecule has 1 aliphatic rings. The van der Waals surface area contributed by atoms with E-state index >= 15 is 0 Å². The molecule has 1 saturated carbocycles. The highest BCUT2D eigenvalue weighted by atomic mass is 32.2. The molecule has 0 aromatic carbocycles. The molecule has 2 aromatic rings. The van der Waals surface area contributed by atoms with Gasteiger partial charge in [-0.1, -0.05) is 11.8 Å². The van der Waals surface area contributed by atoms with Gasteiger partial charge in [0.05, 0.1) is 5.69 Å². The molecule has 1 aliphatic carbocycles. The predicted molar refractivity (Wildman–Crippen MR) is 74.5 cm³/mol. The molecule has 0 amide bonds. The number of pyridine rings is 1. The zero-order chi connectivity index (χ0) is 13.2. The van der Waals surface area contributed by atoms with Crippen LogP contribution in [0.15, 0.2) is 28.3 Å². The third-order valence-electron chi connectivity index (χ3n) is 3.04. The number of thioether (sulfide) groups is 1. The van der Waals surface area contributed by atoms with Crippen molar-refractivity contribution in [1.82, 2.24) is 19.7 Å². The molecular weight excluding hydrogens is 262 g/mol. The number of H-pyrrole nitrogens is 1. The van der Waals surface area contributed by atoms with E-state index in [1.807, 2.05) is 19.2 Å². The first-order valence-electron chi connectivity index (χ1n) is 6.20. The molecule has 1 fully saturated rings. The van der Waals surface area contributed by atoms with E-state index in [1.54, 1.807) is 10.8 Å². The topological polar surface area (TPSA) is 75.6 Å². The maximum atomic E-state index is 11.6. The minimum Gasteiger partial charge on any atom is -0.388 e. The molecule has 0 radical (unpaired) electrons. The van der Waals surface area contributed by atoms with Crippen molar-refractivity contribution in [2.45, 2.75) is 29.8 Å². The van der Waals surface area contributed by atoms with Crippen LogP contribution in [0.1, 0.15) is 24.6 Å². The first kappa shape index (κ1) is 12.3. The predicted octanol–water partition coefficient (Wildman–Crippen LogP) is 1.64. The van der Waals surface area contributed by atoms with Gasteiger partial charge >= 0.3 is 5.69 Å². The van der Waals surface area contributed by atoms with E-state index in [2.05, 4.69) is 20.5 Å². The number of hydrogen-bond donors (Lipinski definition) is 2. The summed E-state index contributed by atoms with van der Waals surface area (Å²) in [4.78, 5) is 16.0. The van der Waals surface area contributed by atoms with Gasteiger partial charge in [-0.15, -0.1) is 5.10 Å². The summed E-state index contributed by atoms with van der Waals surface area (Å²) in [5.41, 5.74) is 1.89. The monoisotopic (exact) mass is 277 g/mol. The number of aromatic amines is 1. The summed E-state index contributed by atoms with van der Waals surface area (Å²) in [6.45, 7) is 0. The maximum absolute atomic E-state index is 11.6. The molecule has 0 aliphatic heterocycles. The average molecular weight is 277 g/mol. The van der Waals surface area contributed by atoms with Crippen molar-refractivity contribution in [2.75, 3.05) is 12.4 Å². The molecule has 2 heterocycles. The molecule has 2 aromatic heterocycles. The van der Waals surface area contributed by atoms with Crippen molar-refractivity contribution < 1.29 is 0 Å². The molecule has 2 N–H and O–H groups in total. The molecule has 3 rings (SSSR count). The van der Waals surface area contributed by atoms with Crippen LogP contribution < -0.4 is 11.0 Å². The SMILES string of the molecule is CNc1ccnc(CSc2n[nH]c(=O)n2C2CC2)c1. The Balaban J connectivity index is 1.73. The van der Waals surface area contributed by atoms with Crippen molar-refractivity contribution in [1.29, 1.82) is 0 Å². The first-order chi connectivity index (χ1) is 9.28. The normalized spacial score (nSPS) is 14.6. The number of nitrogens with one attached hydrogen (secondary N) is 2. The number of rotatable bonds is 5. The quantitative estimate of drug-likeness (QED) is 0.813. The molecule has 0 saturated heterocycles. The lowest BCUT2D eigenvalue weighted by Crippen LogP contribution is -2.16. The molecule has 0 unspecified atom stereocenters. The number of nitrogens with zero attached hydrogens (tertiary/aromatic N) is 3. The fraction of sp³-hybridized carbons (Fsp3) is 0.417. The van der Waals surface area contributed by atoms with E-state index in [0.717, 1.165) is 29.4 Å². The van der Waals surface area contributed by atoms with Crippen LogP contribution in [0, 0.1) is 0 Å². The molecule has 19 heavy (non-hydrogen) atoms. The molecule has 0 spiro atoms. The standard InChI is InChI=1S/C12H15N5OS/c1-13-8-4-5-14-9(6-8)7-19-12-16-15-11(18)17(12)10-2-3-10/h4-6,10H,2-3,7H2,1H3,(H,13,14)(H,15,18). The van der Waals surface area contributed by atoms with Gasteiger partial charge in [0.15, 0.2) is 5.16 Å². The Labute approximate surface area is 114 Å². The molecule has 100 valence electrons. The summed E-state index contributed by atoms with van der Waals surface area (Å²) in [6.07, 6.45) is 3.92. The Morgan fingerprint density at radius 3 is 3.16 bits per heavy atom. The highest BCUT2D eigenvalue weighted by Crippen LogP contribution is 2.36. The van der Waals surface area contributed by atoms with Crippen molar-refractivity contribution in [3.8, 4) is 0 Å². The first-order valence-corrected chi connectivity index (χ1v) is 7.19. The summed E-state index contributed by atoms with van der Waals surface area (Å²) in [6, 6.07) is 4.26. The van der Waals surface area contributed by atoms with Crippen LogP contribution in [0.3, 0.4) is 0 Å². The average Bonchev–Trinajstić information content (AvgIpc) is 3.20. The molecular formula is C12H15N5OS. The van der Waals surface area contributed by atoms with Crippen LogP contribution in [0.5, 0.6) is 0 Å². The molecule has 6 nitrogen and oxygen atoms in total. The maximum Gasteiger partial charge on any atom is 0.344 e. The van der Waals surface area contributed by atoms with E-state index in [9.17, 15) is 4.79 Å². The highest BCUT2D eigenvalue weighted by molar-refractivity contribution is 7.98. The second-order valence-corrected chi connectivity index (χ2v) is 5.43. The highest BCUT2D eigenvalue weighted by Gasteiger charge is 2.28. The Bertz CT molecular complexity index is 631. The van der Waals surface area contributed by atoms with Crippen molar-refractivity contribution in [3.63, 3.8) is 0 Å². The Hall–Kier alpha value is -1.76. The Morgan fingerprint density at radius 1 is 1.58 bits per heavy atom. The summed E-state index contributed by atoms with van der Waals surface area (Å²) in [7, 11) is 1.88. The zero-order valence-electron chi connectivity index (χ0n) is 10.6. The van der Waals surface area contributed by atoms with E-state index in [0.29, 0.717) is 11.8 Å². The second kappa shape index (κ2) is 5.08. The van der Waals surface area contributed by atoms with Crippen LogP contribution in [0.4, 0.5) is 5.69 Å². The van der Waals surface area contributed by atoms with E-state index in [-0.39, 0.29) is 5.69 Å². The van der Waals surface area contributed by atoms with Gasteiger partial charge < -0.3 is 5.32 Å². The lowest BCUT2D eigenvalue weighted by atomic mass is 10.3. The van der Waals surface area contributed by atoms with Crippen LogP contribution in [0.2, 0.25) is 0 Å². The largest absolute Gasteiger partial charge is 0.388 e. The van der Waals surface area contributed by atoms with E-state index < -0.39 is 0 Å². The smallest absolute Gasteiger partial charge is 0.344 e. The fourth-order valence-electron chi connectivity index (χ4n) is 1.90. The van der Waals surface area contributed by atoms with Crippen LogP contribution in [0.25, 0.3) is 0 Å². The van der Waals surface area contributed by atoms with Gasteiger partial charge in [-0.05, 0) is 25.0 Å². The summed E-state index contributed by atoms with van der Waals surface area (Å²) >= 11 is 1.54. The number of anilines is 1. The van der Waals surface area contributed by atoms with Crippen LogP contribution in [-0.2, 0) is 5.75 Å². The molecule has 7 heteroatoms. The zero-order valence-corrected chi connectivity index (χ0v) is 11.4. The third-order valence-corrected chi connectivity index (χ3v) is 4.02. The van der Waals surface area contributed by atoms with Gasteiger partial charge in [-0.3, -0.25) is 9.55 Å². The van der Waals surface area contributed by atoms with Gasteiger partial charge in [-0.25, -0.2) is 9.89 Å². The Morgan fingerprint density at radius 2 is 2.42 bits per heavy atom. The van der Waals surface area contributed by atoms with Gasteiger partial charge in [0.2, 0.25) is 0 Å². The number of aromatic nitrogens is 4. The summed E-state index contributed by atoms with van der Waals surface area (Å²) < 4.78 is 1.76. The number of hydrogen-bond acceptors (Lipinski definition) is 5. The fourth-order valence-corrected chi connectivity index (χ4v) is 2.81. The third kappa shape index (κ3) is 2.65. The van der Waals surface area contributed by atoms with Crippen LogP contribution in [-0.4, -0.2) is 26.8 Å². The second-order valence-electron chi connectivity index (χ2n) is 4.49. The molecule has 0 bridgehead atoms. The van der Waals surface area contributed by atoms with Gasteiger partial charge in [0.25, 0.3) is 0 Å². The molecule has 0 atom stereocenters. The van der Waals surface area contributed by atoms with E-state index in [4.69, 9.17) is 0 Å². The van der Waals surface area contributed by atoms with Crippen molar-refractivity contribution in [2.24, 2.45) is 0 Å². The van der Waals surface area contributed by atoms with Crippen molar-refractivity contribution in [3.05, 3.63) is 34.5 Å². The minimum atomic E-state index is -0.109. The van der Waals surface area contributed by atoms with E-state index in [1.165, 1.54) is 11.8 Å². The van der Waals surface area contributed by atoms with Gasteiger partial charge in [0, 0.05) is 30.7 Å². The van der Waals surface area contributed by atoms with Gasteiger partial charge in [-0.2, -0.15) is 0 Å². The van der Waals surface area contributed by atoms with Crippen molar-refractivity contribution >= 4 is 17.4 Å². The van der Waals surface area contributed by atoms with Gasteiger partial charge in [0.1, 0.15) is 0 Å². The lowest BCUT2D eigenvalue weighted by molar-refractivity contribution is 0.642. The minimum absolute atomic E-state index is 0.109. The summed E-state index contributed by atoms with van der Waals surface area (Å²) in [5, 5.41) is 10.4. The lowest BCUT2D eigenvalue weighted by Gasteiger charge is -2.04.